The molecule has 3 rings (SSSR count). The molecule has 1 aliphatic heterocycles. The fourth-order valence-corrected chi connectivity index (χ4v) is 2.83. The fourth-order valence-electron chi connectivity index (χ4n) is 2.83. The molecular weight excluding hydrogens is 361 g/mol. The highest BCUT2D eigenvalue weighted by molar-refractivity contribution is 6.05. The van der Waals surface area contributed by atoms with Crippen LogP contribution >= 0.6 is 0 Å². The number of phenols is 1. The van der Waals surface area contributed by atoms with Gasteiger partial charge in [0.15, 0.2) is 0 Å². The van der Waals surface area contributed by atoms with Gasteiger partial charge in [-0.25, -0.2) is 0 Å². The maximum absolute atomic E-state index is 13.6. The smallest absolute Gasteiger partial charge is 0.438 e. The van der Waals surface area contributed by atoms with Crippen molar-refractivity contribution in [3.05, 3.63) is 65.2 Å². The van der Waals surface area contributed by atoms with Crippen molar-refractivity contribution in [1.29, 1.82) is 0 Å². The first-order chi connectivity index (χ1) is 12.7. The Kier molecular flexibility index (Phi) is 4.69. The maximum Gasteiger partial charge on any atom is 0.438 e. The van der Waals surface area contributed by atoms with E-state index in [2.05, 4.69) is 5.10 Å². The van der Waals surface area contributed by atoms with Crippen molar-refractivity contribution in [2.45, 2.75) is 31.7 Å². The van der Waals surface area contributed by atoms with Gasteiger partial charge < -0.3 is 10.2 Å². The van der Waals surface area contributed by atoms with E-state index in [1.165, 1.54) is 18.2 Å². The van der Waals surface area contributed by atoms with Crippen LogP contribution in [-0.4, -0.2) is 38.7 Å². The van der Waals surface area contributed by atoms with Crippen LogP contribution in [0.3, 0.4) is 0 Å². The first kappa shape index (κ1) is 18.9. The van der Waals surface area contributed by atoms with Crippen molar-refractivity contribution in [2.24, 2.45) is 5.10 Å². The van der Waals surface area contributed by atoms with Crippen molar-refractivity contribution in [2.75, 3.05) is 0 Å². The van der Waals surface area contributed by atoms with Crippen LogP contribution < -0.4 is 0 Å². The zero-order chi connectivity index (χ0) is 19.8. The molecule has 0 aromatic heterocycles. The lowest BCUT2D eigenvalue weighted by atomic mass is 9.99. The molecule has 2 N–H and O–H groups in total. The zero-order valence-corrected chi connectivity index (χ0v) is 14.4. The van der Waals surface area contributed by atoms with Crippen LogP contribution in [-0.2, 0) is 6.42 Å². The van der Waals surface area contributed by atoms with Gasteiger partial charge in [-0.15, -0.1) is 0 Å². The summed E-state index contributed by atoms with van der Waals surface area (Å²) in [5.41, 5.74) is -2.35. The highest BCUT2D eigenvalue weighted by Gasteiger charge is 2.63. The number of halogens is 3. The number of nitrogens with zero attached hydrogens (tertiary/aromatic N) is 2. The second-order valence-electron chi connectivity index (χ2n) is 6.26. The summed E-state index contributed by atoms with van der Waals surface area (Å²) in [6.07, 6.45) is -5.23. The van der Waals surface area contributed by atoms with Gasteiger partial charge in [0.05, 0.1) is 12.1 Å². The van der Waals surface area contributed by atoms with E-state index in [4.69, 9.17) is 0 Å². The average Bonchev–Trinajstić information content (AvgIpc) is 3.00. The highest BCUT2D eigenvalue weighted by Crippen LogP contribution is 2.42. The van der Waals surface area contributed by atoms with Gasteiger partial charge in [0.2, 0.25) is 0 Å². The Morgan fingerprint density at radius 3 is 2.44 bits per heavy atom. The molecule has 2 aromatic carbocycles. The van der Waals surface area contributed by atoms with Crippen LogP contribution in [0.1, 0.15) is 34.8 Å². The molecule has 0 spiro atoms. The minimum atomic E-state index is -5.12. The first-order valence-electron chi connectivity index (χ1n) is 8.25. The van der Waals surface area contributed by atoms with Crippen LogP contribution in [0.4, 0.5) is 13.2 Å². The molecular formula is C19H17F3N2O3. The number of hydrogen-bond acceptors (Lipinski definition) is 4. The number of carbonyl (C=O) groups is 1. The number of carbonyl (C=O) groups excluding carboxylic acids is 1. The van der Waals surface area contributed by atoms with Crippen LogP contribution in [0.25, 0.3) is 0 Å². The molecule has 0 aliphatic carbocycles. The SMILES string of the molecule is CCc1ccc(C2=NN(C(=O)c3cccc(O)c3)[C@](O)(C(F)(F)F)C2)cc1. The van der Waals surface area contributed by atoms with Crippen molar-refractivity contribution in [1.82, 2.24) is 5.01 Å². The molecule has 1 heterocycles. The maximum atomic E-state index is 13.6. The van der Waals surface area contributed by atoms with Gasteiger partial charge in [-0.3, -0.25) is 4.79 Å². The lowest BCUT2D eigenvalue weighted by Crippen LogP contribution is -2.56. The summed E-state index contributed by atoms with van der Waals surface area (Å²) >= 11 is 0. The van der Waals surface area contributed by atoms with E-state index < -0.39 is 24.2 Å². The first-order valence-corrected chi connectivity index (χ1v) is 8.25. The molecule has 0 unspecified atom stereocenters. The number of alkyl halides is 3. The monoisotopic (exact) mass is 378 g/mol. The van der Waals surface area contributed by atoms with E-state index in [1.54, 1.807) is 24.3 Å². The van der Waals surface area contributed by atoms with Crippen molar-refractivity contribution >= 4 is 11.6 Å². The second-order valence-corrected chi connectivity index (χ2v) is 6.26. The Hall–Kier alpha value is -2.87. The molecule has 1 aliphatic rings. The number of hydrazone groups is 1. The Morgan fingerprint density at radius 1 is 1.22 bits per heavy atom. The van der Waals surface area contributed by atoms with Crippen LogP contribution in [0.15, 0.2) is 53.6 Å². The summed E-state index contributed by atoms with van der Waals surface area (Å²) in [6, 6.07) is 11.6. The summed E-state index contributed by atoms with van der Waals surface area (Å²) in [5.74, 6) is -1.44. The zero-order valence-electron chi connectivity index (χ0n) is 14.4. The van der Waals surface area contributed by atoms with Gasteiger partial charge in [-0.1, -0.05) is 37.3 Å². The predicted molar refractivity (Wildman–Crippen MR) is 92.3 cm³/mol. The van der Waals surface area contributed by atoms with Crippen LogP contribution in [0, 0.1) is 0 Å². The molecule has 0 bridgehead atoms. The number of phenolic OH excluding ortho intramolecular Hbond substituents is 1. The third-order valence-electron chi connectivity index (χ3n) is 4.42. The standard InChI is InChI=1S/C19H17F3N2O3/c1-2-12-6-8-13(9-7-12)16-11-18(27,19(20,21)22)24(23-16)17(26)14-4-3-5-15(25)10-14/h3-10,25,27H,2,11H2,1H3/t18-/m1/s1. The molecule has 0 radical (unpaired) electrons. The lowest BCUT2D eigenvalue weighted by molar-refractivity contribution is -0.297. The largest absolute Gasteiger partial charge is 0.508 e. The van der Waals surface area contributed by atoms with Gasteiger partial charge in [-0.2, -0.15) is 23.3 Å². The second kappa shape index (κ2) is 6.70. The molecule has 5 nitrogen and oxygen atoms in total. The van der Waals surface area contributed by atoms with E-state index in [0.29, 0.717) is 5.56 Å². The van der Waals surface area contributed by atoms with E-state index in [1.807, 2.05) is 6.92 Å². The Bertz CT molecular complexity index is 894. The Morgan fingerprint density at radius 2 is 1.89 bits per heavy atom. The molecule has 0 fully saturated rings. The number of rotatable bonds is 3. The van der Waals surface area contributed by atoms with Gasteiger partial charge in [0, 0.05) is 5.56 Å². The minimum absolute atomic E-state index is 0.0465. The molecule has 0 saturated heterocycles. The molecule has 0 saturated carbocycles. The Balaban J connectivity index is 2.03. The third kappa shape index (κ3) is 3.40. The number of aromatic hydroxyl groups is 1. The summed E-state index contributed by atoms with van der Waals surface area (Å²) in [5, 5.41) is 23.6. The van der Waals surface area contributed by atoms with E-state index in [-0.39, 0.29) is 22.0 Å². The molecule has 1 atom stereocenters. The lowest BCUT2D eigenvalue weighted by Gasteiger charge is -2.32. The highest BCUT2D eigenvalue weighted by atomic mass is 19.4. The molecule has 2 aromatic rings. The van der Waals surface area contributed by atoms with Crippen molar-refractivity contribution in [3.8, 4) is 5.75 Å². The molecule has 142 valence electrons. The van der Waals surface area contributed by atoms with E-state index in [0.717, 1.165) is 18.1 Å². The molecule has 8 heteroatoms. The fraction of sp³-hybridized carbons (Fsp3) is 0.263. The normalized spacial score (nSPS) is 19.9. The summed E-state index contributed by atoms with van der Waals surface area (Å²) in [7, 11) is 0. The number of aryl methyl sites for hydroxylation is 1. The average molecular weight is 378 g/mol. The quantitative estimate of drug-likeness (QED) is 0.859. The van der Waals surface area contributed by atoms with E-state index >= 15 is 0 Å². The Labute approximate surface area is 153 Å². The predicted octanol–water partition coefficient (Wildman–Crippen LogP) is 3.46. The number of benzene rings is 2. The van der Waals surface area contributed by atoms with Gasteiger partial charge in [-0.05, 0) is 35.7 Å². The van der Waals surface area contributed by atoms with Crippen molar-refractivity contribution < 1.29 is 28.2 Å². The third-order valence-corrected chi connectivity index (χ3v) is 4.42. The summed E-state index contributed by atoms with van der Waals surface area (Å²) in [6.45, 7) is 1.94. The van der Waals surface area contributed by atoms with Crippen LogP contribution in [0.5, 0.6) is 5.75 Å². The number of aliphatic hydroxyl groups is 1. The molecule has 1 amide bonds. The topological polar surface area (TPSA) is 73.1 Å². The number of amides is 1. The number of hydrogen-bond donors (Lipinski definition) is 2. The van der Waals surface area contributed by atoms with Gasteiger partial charge in [0.1, 0.15) is 5.75 Å². The van der Waals surface area contributed by atoms with Gasteiger partial charge in [0.25, 0.3) is 11.6 Å². The minimum Gasteiger partial charge on any atom is -0.508 e. The molecule has 27 heavy (non-hydrogen) atoms. The van der Waals surface area contributed by atoms with Crippen molar-refractivity contribution in [3.63, 3.8) is 0 Å². The summed E-state index contributed by atoms with van der Waals surface area (Å²) < 4.78 is 40.8. The van der Waals surface area contributed by atoms with E-state index in [9.17, 15) is 28.2 Å². The van der Waals surface area contributed by atoms with Crippen LogP contribution in [0.2, 0.25) is 0 Å². The van der Waals surface area contributed by atoms with Gasteiger partial charge >= 0.3 is 6.18 Å². The summed E-state index contributed by atoms with van der Waals surface area (Å²) in [4.78, 5) is 12.6.